The third-order valence-electron chi connectivity index (χ3n) is 6.67. The number of carbonyl (C=O) groups excluding carboxylic acids is 2. The van der Waals surface area contributed by atoms with E-state index in [1.807, 2.05) is 35.2 Å². The molecule has 2 amide bonds. The van der Waals surface area contributed by atoms with E-state index in [4.69, 9.17) is 0 Å². The molecular weight excluding hydrogens is 366 g/mol. The Labute approximate surface area is 170 Å². The molecule has 1 aromatic heterocycles. The van der Waals surface area contributed by atoms with Gasteiger partial charge in [0, 0.05) is 31.6 Å². The summed E-state index contributed by atoms with van der Waals surface area (Å²) in [7, 11) is 0. The van der Waals surface area contributed by atoms with E-state index in [-0.39, 0.29) is 30.4 Å². The van der Waals surface area contributed by atoms with Crippen LogP contribution in [0.1, 0.15) is 41.2 Å². The second-order valence-corrected chi connectivity index (χ2v) is 8.53. The first-order valence-corrected chi connectivity index (χ1v) is 10.3. The summed E-state index contributed by atoms with van der Waals surface area (Å²) in [4.78, 5) is 33.8. The van der Waals surface area contributed by atoms with Crippen molar-refractivity contribution in [1.29, 1.82) is 0 Å². The van der Waals surface area contributed by atoms with Gasteiger partial charge in [0.15, 0.2) is 0 Å². The van der Waals surface area contributed by atoms with Crippen molar-refractivity contribution in [3.8, 4) is 0 Å². The SMILES string of the molecule is O=C(CC1CC1)N1CC2(C1)[C@@H](c1ccccc1)[C@@H](CO)N2C(=O)c1ccccn1. The smallest absolute Gasteiger partial charge is 0.273 e. The third kappa shape index (κ3) is 2.94. The van der Waals surface area contributed by atoms with Crippen molar-refractivity contribution in [2.45, 2.75) is 36.8 Å². The van der Waals surface area contributed by atoms with Crippen LogP contribution in [0, 0.1) is 5.92 Å². The molecule has 3 heterocycles. The van der Waals surface area contributed by atoms with Crippen molar-refractivity contribution in [3.63, 3.8) is 0 Å². The minimum absolute atomic E-state index is 0.00587. The molecule has 150 valence electrons. The number of pyridine rings is 1. The Kier molecular flexibility index (Phi) is 4.39. The number of likely N-dealkylation sites (tertiary alicyclic amines) is 2. The van der Waals surface area contributed by atoms with Crippen LogP contribution in [0.2, 0.25) is 0 Å². The zero-order chi connectivity index (χ0) is 20.0. The minimum Gasteiger partial charge on any atom is -0.394 e. The lowest BCUT2D eigenvalue weighted by atomic mass is 9.60. The van der Waals surface area contributed by atoms with E-state index >= 15 is 0 Å². The topological polar surface area (TPSA) is 73.7 Å². The molecule has 2 atom stereocenters. The van der Waals surface area contributed by atoms with Crippen LogP contribution in [0.5, 0.6) is 0 Å². The number of aromatic nitrogens is 1. The molecule has 0 radical (unpaired) electrons. The van der Waals surface area contributed by atoms with Crippen LogP contribution in [0.15, 0.2) is 54.7 Å². The van der Waals surface area contributed by atoms with Crippen molar-refractivity contribution in [2.24, 2.45) is 5.92 Å². The highest BCUT2D eigenvalue weighted by atomic mass is 16.3. The van der Waals surface area contributed by atoms with Crippen molar-refractivity contribution in [3.05, 3.63) is 66.0 Å². The number of aliphatic hydroxyl groups excluding tert-OH is 1. The zero-order valence-corrected chi connectivity index (χ0v) is 16.3. The summed E-state index contributed by atoms with van der Waals surface area (Å²) in [5.74, 6) is 0.557. The molecule has 1 saturated carbocycles. The lowest BCUT2D eigenvalue weighted by molar-refractivity contribution is -0.178. The van der Waals surface area contributed by atoms with E-state index in [1.54, 1.807) is 29.3 Å². The van der Waals surface area contributed by atoms with Crippen molar-refractivity contribution in [1.82, 2.24) is 14.8 Å². The summed E-state index contributed by atoms with van der Waals surface area (Å²) in [6.45, 7) is 0.927. The maximum absolute atomic E-state index is 13.3. The molecule has 0 bridgehead atoms. The fraction of sp³-hybridized carbons (Fsp3) is 0.435. The van der Waals surface area contributed by atoms with Gasteiger partial charge in [0.1, 0.15) is 5.69 Å². The van der Waals surface area contributed by atoms with Gasteiger partial charge in [-0.3, -0.25) is 14.6 Å². The van der Waals surface area contributed by atoms with E-state index in [0.717, 1.165) is 18.4 Å². The van der Waals surface area contributed by atoms with E-state index in [9.17, 15) is 14.7 Å². The second-order valence-electron chi connectivity index (χ2n) is 8.53. The standard InChI is InChI=1S/C23H25N3O3/c27-13-19-21(17-6-2-1-3-7-17)23(14-25(15-23)20(28)12-16-9-10-16)26(19)22(29)18-8-4-5-11-24-18/h1-8,11,16,19,21,27H,9-10,12-15H2/t19-,21+/m1/s1. The van der Waals surface area contributed by atoms with Crippen molar-refractivity contribution in [2.75, 3.05) is 19.7 Å². The maximum atomic E-state index is 13.3. The van der Waals surface area contributed by atoms with Gasteiger partial charge in [-0.25, -0.2) is 0 Å². The molecular formula is C23H25N3O3. The summed E-state index contributed by atoms with van der Waals surface area (Å²) < 4.78 is 0. The van der Waals surface area contributed by atoms with Crippen LogP contribution in [0.25, 0.3) is 0 Å². The summed E-state index contributed by atoms with van der Waals surface area (Å²) in [5.41, 5.74) is 1.01. The lowest BCUT2D eigenvalue weighted by Gasteiger charge is -2.70. The normalized spacial score (nSPS) is 24.7. The lowest BCUT2D eigenvalue weighted by Crippen LogP contribution is -2.86. The molecule has 1 spiro atoms. The fourth-order valence-corrected chi connectivity index (χ4v) is 5.09. The highest BCUT2D eigenvalue weighted by Gasteiger charge is 2.68. The summed E-state index contributed by atoms with van der Waals surface area (Å²) in [5, 5.41) is 10.1. The fourth-order valence-electron chi connectivity index (χ4n) is 5.09. The predicted octanol–water partition coefficient (Wildman–Crippen LogP) is 2.06. The van der Waals surface area contributed by atoms with Gasteiger partial charge in [0.05, 0.1) is 18.2 Å². The van der Waals surface area contributed by atoms with E-state index in [1.165, 1.54) is 0 Å². The molecule has 2 aromatic rings. The molecule has 3 fully saturated rings. The Morgan fingerprint density at radius 1 is 1.07 bits per heavy atom. The van der Waals surface area contributed by atoms with Gasteiger partial charge in [-0.15, -0.1) is 0 Å². The molecule has 1 N–H and O–H groups in total. The molecule has 5 rings (SSSR count). The Morgan fingerprint density at radius 3 is 2.41 bits per heavy atom. The van der Waals surface area contributed by atoms with Gasteiger partial charge in [0.25, 0.3) is 5.91 Å². The largest absolute Gasteiger partial charge is 0.394 e. The third-order valence-corrected chi connectivity index (χ3v) is 6.67. The summed E-state index contributed by atoms with van der Waals surface area (Å²) in [6, 6.07) is 15.0. The van der Waals surface area contributed by atoms with Crippen LogP contribution < -0.4 is 0 Å². The van der Waals surface area contributed by atoms with Gasteiger partial charge in [0.2, 0.25) is 5.91 Å². The number of aliphatic hydroxyl groups is 1. The van der Waals surface area contributed by atoms with Gasteiger partial charge in [-0.05, 0) is 36.5 Å². The van der Waals surface area contributed by atoms with Crippen LogP contribution >= 0.6 is 0 Å². The number of amides is 2. The van der Waals surface area contributed by atoms with E-state index in [2.05, 4.69) is 4.98 Å². The van der Waals surface area contributed by atoms with E-state index < -0.39 is 5.54 Å². The monoisotopic (exact) mass is 391 g/mol. The Morgan fingerprint density at radius 2 is 1.79 bits per heavy atom. The molecule has 0 unspecified atom stereocenters. The molecule has 2 saturated heterocycles. The summed E-state index contributed by atoms with van der Waals surface area (Å²) in [6.07, 6.45) is 4.51. The average Bonchev–Trinajstić information content (AvgIpc) is 3.52. The van der Waals surface area contributed by atoms with Gasteiger partial charge >= 0.3 is 0 Å². The Hall–Kier alpha value is -2.73. The highest BCUT2D eigenvalue weighted by molar-refractivity contribution is 5.95. The zero-order valence-electron chi connectivity index (χ0n) is 16.3. The van der Waals surface area contributed by atoms with Crippen LogP contribution in [-0.4, -0.2) is 63.0 Å². The Balaban J connectivity index is 1.45. The highest BCUT2D eigenvalue weighted by Crippen LogP contribution is 2.54. The first kappa shape index (κ1) is 18.3. The summed E-state index contributed by atoms with van der Waals surface area (Å²) >= 11 is 0. The first-order valence-electron chi connectivity index (χ1n) is 10.3. The van der Waals surface area contributed by atoms with Crippen LogP contribution in [0.4, 0.5) is 0 Å². The number of hydrogen-bond acceptors (Lipinski definition) is 4. The minimum atomic E-state index is -0.470. The average molecular weight is 391 g/mol. The number of nitrogens with zero attached hydrogens (tertiary/aromatic N) is 3. The maximum Gasteiger partial charge on any atom is 0.273 e. The molecule has 29 heavy (non-hydrogen) atoms. The van der Waals surface area contributed by atoms with Gasteiger partial charge in [-0.1, -0.05) is 36.4 Å². The van der Waals surface area contributed by atoms with Crippen LogP contribution in [-0.2, 0) is 4.79 Å². The molecule has 3 aliphatic rings. The molecule has 6 heteroatoms. The van der Waals surface area contributed by atoms with Crippen LogP contribution in [0.3, 0.4) is 0 Å². The number of rotatable bonds is 5. The second kappa shape index (κ2) is 6.95. The quantitative estimate of drug-likeness (QED) is 0.847. The number of hydrogen-bond donors (Lipinski definition) is 1. The number of benzene rings is 1. The van der Waals surface area contributed by atoms with Crippen molar-refractivity contribution < 1.29 is 14.7 Å². The number of carbonyl (C=O) groups is 2. The van der Waals surface area contributed by atoms with Gasteiger partial charge in [-0.2, -0.15) is 0 Å². The van der Waals surface area contributed by atoms with Gasteiger partial charge < -0.3 is 14.9 Å². The van der Waals surface area contributed by atoms with E-state index in [0.29, 0.717) is 31.1 Å². The predicted molar refractivity (Wildman–Crippen MR) is 107 cm³/mol. The molecule has 2 aliphatic heterocycles. The first-order chi connectivity index (χ1) is 14.1. The molecule has 1 aromatic carbocycles. The van der Waals surface area contributed by atoms with Crippen molar-refractivity contribution >= 4 is 11.8 Å². The molecule has 1 aliphatic carbocycles. The Bertz CT molecular complexity index is 907. The molecule has 6 nitrogen and oxygen atoms in total.